The molecule has 7 nitrogen and oxygen atoms in total. The van der Waals surface area contributed by atoms with E-state index in [1.807, 2.05) is 23.9 Å². The molecule has 0 bridgehead atoms. The molecule has 2 aromatic rings. The van der Waals surface area contributed by atoms with Crippen LogP contribution in [0.4, 0.5) is 0 Å². The molecule has 148 valence electrons. The Hall–Kier alpha value is -1.97. The van der Waals surface area contributed by atoms with Crippen LogP contribution < -0.4 is 20.1 Å². The molecule has 0 saturated carbocycles. The van der Waals surface area contributed by atoms with Gasteiger partial charge in [0.1, 0.15) is 17.6 Å². The van der Waals surface area contributed by atoms with Gasteiger partial charge in [-0.15, -0.1) is 24.0 Å². The van der Waals surface area contributed by atoms with Crippen molar-refractivity contribution in [2.75, 3.05) is 20.2 Å². The average Bonchev–Trinajstić information content (AvgIpc) is 3.26. The lowest BCUT2D eigenvalue weighted by molar-refractivity contribution is 0.254. The maximum atomic E-state index is 5.88. The van der Waals surface area contributed by atoms with E-state index in [4.69, 9.17) is 9.47 Å². The molecule has 2 heterocycles. The first-order valence-electron chi connectivity index (χ1n) is 9.06. The van der Waals surface area contributed by atoms with E-state index < -0.39 is 0 Å². The summed E-state index contributed by atoms with van der Waals surface area (Å²) in [5.74, 6) is 2.61. The molecule has 0 amide bonds. The average molecular weight is 485 g/mol. The third-order valence-electron chi connectivity index (χ3n) is 4.24. The van der Waals surface area contributed by atoms with Gasteiger partial charge < -0.3 is 20.1 Å². The Kier molecular flexibility index (Phi) is 8.21. The first-order valence-corrected chi connectivity index (χ1v) is 9.06. The van der Waals surface area contributed by atoms with Crippen LogP contribution in [0.3, 0.4) is 0 Å². The van der Waals surface area contributed by atoms with E-state index in [0.717, 1.165) is 42.5 Å². The van der Waals surface area contributed by atoms with Crippen LogP contribution in [-0.4, -0.2) is 42.0 Å². The molecule has 1 atom stereocenters. The van der Waals surface area contributed by atoms with Gasteiger partial charge in [0.05, 0.1) is 13.2 Å². The number of aromatic nitrogens is 2. The quantitative estimate of drug-likeness (QED) is 0.359. The molecule has 0 saturated heterocycles. The fourth-order valence-electron chi connectivity index (χ4n) is 3.03. The van der Waals surface area contributed by atoms with Crippen molar-refractivity contribution in [3.8, 4) is 11.5 Å². The van der Waals surface area contributed by atoms with E-state index in [9.17, 15) is 0 Å². The molecule has 8 heteroatoms. The number of nitrogens with zero attached hydrogens (tertiary/aromatic N) is 3. The third kappa shape index (κ3) is 5.75. The van der Waals surface area contributed by atoms with Crippen LogP contribution in [0.25, 0.3) is 0 Å². The third-order valence-corrected chi connectivity index (χ3v) is 4.24. The normalized spacial score (nSPS) is 15.5. The largest absolute Gasteiger partial charge is 0.494 e. The first kappa shape index (κ1) is 21.3. The zero-order valence-electron chi connectivity index (χ0n) is 16.1. The Morgan fingerprint density at radius 1 is 1.41 bits per heavy atom. The fourth-order valence-corrected chi connectivity index (χ4v) is 3.03. The van der Waals surface area contributed by atoms with E-state index in [0.29, 0.717) is 13.2 Å². The van der Waals surface area contributed by atoms with Crippen molar-refractivity contribution in [3.05, 3.63) is 41.7 Å². The van der Waals surface area contributed by atoms with Crippen LogP contribution in [0.5, 0.6) is 11.5 Å². The van der Waals surface area contributed by atoms with E-state index in [1.54, 1.807) is 13.2 Å². The summed E-state index contributed by atoms with van der Waals surface area (Å²) in [5, 5.41) is 10.8. The minimum absolute atomic E-state index is 0. The lowest BCUT2D eigenvalue weighted by Crippen LogP contribution is -2.38. The fraction of sp³-hybridized carbons (Fsp3) is 0.474. The highest BCUT2D eigenvalue weighted by atomic mass is 127. The summed E-state index contributed by atoms with van der Waals surface area (Å²) in [4.78, 5) is 4.27. The van der Waals surface area contributed by atoms with Gasteiger partial charge in [-0.05, 0) is 32.0 Å². The molecular weight excluding hydrogens is 457 g/mol. The summed E-state index contributed by atoms with van der Waals surface area (Å²) >= 11 is 0. The van der Waals surface area contributed by atoms with E-state index in [2.05, 4.69) is 39.8 Å². The maximum Gasteiger partial charge on any atom is 0.191 e. The van der Waals surface area contributed by atoms with Crippen LogP contribution in [0.1, 0.15) is 25.0 Å². The molecule has 1 unspecified atom stereocenters. The molecule has 3 rings (SSSR count). The zero-order valence-corrected chi connectivity index (χ0v) is 18.4. The Labute approximate surface area is 177 Å². The monoisotopic (exact) mass is 485 g/mol. The summed E-state index contributed by atoms with van der Waals surface area (Å²) in [7, 11) is 1.76. The zero-order chi connectivity index (χ0) is 18.4. The van der Waals surface area contributed by atoms with Crippen LogP contribution in [0.15, 0.2) is 35.6 Å². The molecule has 27 heavy (non-hydrogen) atoms. The van der Waals surface area contributed by atoms with Gasteiger partial charge in [0.15, 0.2) is 5.96 Å². The summed E-state index contributed by atoms with van der Waals surface area (Å²) in [6, 6.07) is 6.10. The Bertz CT molecular complexity index is 749. The highest BCUT2D eigenvalue weighted by molar-refractivity contribution is 14.0. The van der Waals surface area contributed by atoms with Crippen LogP contribution in [0.2, 0.25) is 0 Å². The maximum absolute atomic E-state index is 5.88. The SMILES string of the molecule is CCOc1cc2c(cc1CNC(=NC)NCCn1cccn1)OC(C)C2.I. The van der Waals surface area contributed by atoms with Gasteiger partial charge in [-0.3, -0.25) is 9.67 Å². The van der Waals surface area contributed by atoms with Crippen LogP contribution in [-0.2, 0) is 19.5 Å². The highest BCUT2D eigenvalue weighted by Crippen LogP contribution is 2.35. The number of ether oxygens (including phenoxy) is 2. The number of guanidine groups is 1. The van der Waals surface area contributed by atoms with E-state index in [1.165, 1.54) is 5.56 Å². The summed E-state index contributed by atoms with van der Waals surface area (Å²) < 4.78 is 13.6. The molecule has 1 aliphatic heterocycles. The minimum atomic E-state index is 0. The van der Waals surface area contributed by atoms with Gasteiger partial charge in [0.2, 0.25) is 0 Å². The van der Waals surface area contributed by atoms with Gasteiger partial charge in [-0.25, -0.2) is 0 Å². The number of hydrogen-bond acceptors (Lipinski definition) is 4. The molecule has 0 radical (unpaired) electrons. The predicted molar refractivity (Wildman–Crippen MR) is 117 cm³/mol. The highest BCUT2D eigenvalue weighted by Gasteiger charge is 2.21. The second-order valence-corrected chi connectivity index (χ2v) is 6.25. The summed E-state index contributed by atoms with van der Waals surface area (Å²) in [5.41, 5.74) is 2.28. The number of benzene rings is 1. The number of aliphatic imine (C=N–C) groups is 1. The lowest BCUT2D eigenvalue weighted by atomic mass is 10.1. The molecular formula is C19H28IN5O2. The molecule has 0 aliphatic carbocycles. The van der Waals surface area contributed by atoms with E-state index >= 15 is 0 Å². The Morgan fingerprint density at radius 2 is 2.26 bits per heavy atom. The molecule has 0 spiro atoms. The number of hydrogen-bond donors (Lipinski definition) is 2. The van der Waals surface area contributed by atoms with Gasteiger partial charge in [-0.2, -0.15) is 5.10 Å². The topological polar surface area (TPSA) is 72.7 Å². The van der Waals surface area contributed by atoms with Crippen molar-refractivity contribution >= 4 is 29.9 Å². The van der Waals surface area contributed by atoms with Crippen LogP contribution in [0, 0.1) is 0 Å². The lowest BCUT2D eigenvalue weighted by Gasteiger charge is -2.15. The molecule has 2 N–H and O–H groups in total. The number of fused-ring (bicyclic) bond motifs is 1. The molecule has 1 aromatic heterocycles. The second kappa shape index (κ2) is 10.4. The Morgan fingerprint density at radius 3 is 2.96 bits per heavy atom. The van der Waals surface area contributed by atoms with Gasteiger partial charge in [-0.1, -0.05) is 0 Å². The van der Waals surface area contributed by atoms with Crippen molar-refractivity contribution in [1.29, 1.82) is 0 Å². The van der Waals surface area contributed by atoms with Crippen molar-refractivity contribution in [3.63, 3.8) is 0 Å². The molecule has 1 aromatic carbocycles. The minimum Gasteiger partial charge on any atom is -0.494 e. The smallest absolute Gasteiger partial charge is 0.191 e. The first-order chi connectivity index (χ1) is 12.7. The summed E-state index contributed by atoms with van der Waals surface area (Å²) in [6.07, 6.45) is 4.87. The number of halogens is 1. The standard InChI is InChI=1S/C19H27N5O2.HI/c1-4-25-17-11-15-10-14(2)26-18(15)12-16(17)13-22-19(20-3)21-7-9-24-8-5-6-23-24;/h5-6,8,11-12,14H,4,7,9-10,13H2,1-3H3,(H2,20,21,22);1H. The summed E-state index contributed by atoms with van der Waals surface area (Å²) in [6.45, 7) is 6.86. The second-order valence-electron chi connectivity index (χ2n) is 6.25. The molecule has 1 aliphatic rings. The predicted octanol–water partition coefficient (Wildman–Crippen LogP) is 2.59. The van der Waals surface area contributed by atoms with Gasteiger partial charge in [0.25, 0.3) is 0 Å². The van der Waals surface area contributed by atoms with E-state index in [-0.39, 0.29) is 30.1 Å². The van der Waals surface area contributed by atoms with Gasteiger partial charge in [0, 0.05) is 50.1 Å². The Balaban J connectivity index is 0.00000261. The van der Waals surface area contributed by atoms with Gasteiger partial charge >= 0.3 is 0 Å². The number of rotatable bonds is 7. The van der Waals surface area contributed by atoms with Crippen molar-refractivity contribution in [2.45, 2.75) is 39.5 Å². The van der Waals surface area contributed by atoms with Crippen molar-refractivity contribution in [1.82, 2.24) is 20.4 Å². The van der Waals surface area contributed by atoms with Crippen LogP contribution >= 0.6 is 24.0 Å². The van der Waals surface area contributed by atoms with Crippen molar-refractivity contribution in [2.24, 2.45) is 4.99 Å². The molecule has 0 fully saturated rings. The number of nitrogens with one attached hydrogen (secondary N) is 2. The van der Waals surface area contributed by atoms with Crippen molar-refractivity contribution < 1.29 is 9.47 Å².